The molecule has 4 rings (SSSR count). The van der Waals surface area contributed by atoms with E-state index < -0.39 is 0 Å². The quantitative estimate of drug-likeness (QED) is 0.430. The number of rotatable bonds is 5. The van der Waals surface area contributed by atoms with Crippen LogP contribution in [0.5, 0.6) is 0 Å². The SMILES string of the molecule is Cc1c(-c2ccc(Cl)cc2Cl)nc2ccccc2c1C(=O)NCCC1=CCCCC1. The number of aromatic nitrogens is 1. The van der Waals surface area contributed by atoms with Crippen molar-refractivity contribution in [3.63, 3.8) is 0 Å². The highest BCUT2D eigenvalue weighted by Gasteiger charge is 2.20. The van der Waals surface area contributed by atoms with Gasteiger partial charge < -0.3 is 5.32 Å². The van der Waals surface area contributed by atoms with Crippen molar-refractivity contribution in [3.05, 3.63) is 75.3 Å². The Labute approximate surface area is 187 Å². The van der Waals surface area contributed by atoms with Crippen LogP contribution in [0.2, 0.25) is 10.0 Å². The van der Waals surface area contributed by atoms with Crippen molar-refractivity contribution in [1.29, 1.82) is 0 Å². The summed E-state index contributed by atoms with van der Waals surface area (Å²) in [7, 11) is 0. The van der Waals surface area contributed by atoms with Crippen molar-refractivity contribution in [2.24, 2.45) is 0 Å². The van der Waals surface area contributed by atoms with Crippen LogP contribution in [0.25, 0.3) is 22.2 Å². The van der Waals surface area contributed by atoms with Crippen LogP contribution in [0.1, 0.15) is 48.0 Å². The molecule has 0 spiro atoms. The van der Waals surface area contributed by atoms with Gasteiger partial charge in [-0.1, -0.05) is 53.1 Å². The molecule has 1 aliphatic rings. The molecule has 1 N–H and O–H groups in total. The number of nitrogens with one attached hydrogen (secondary N) is 1. The number of halogens is 2. The number of hydrogen-bond donors (Lipinski definition) is 1. The maximum Gasteiger partial charge on any atom is 0.252 e. The molecule has 1 heterocycles. The van der Waals surface area contributed by atoms with Gasteiger partial charge in [0.05, 0.1) is 21.8 Å². The summed E-state index contributed by atoms with van der Waals surface area (Å²) in [5.74, 6) is -0.0751. The van der Waals surface area contributed by atoms with Gasteiger partial charge in [0.15, 0.2) is 0 Å². The Morgan fingerprint density at radius 2 is 1.97 bits per heavy atom. The molecule has 2 aromatic carbocycles. The fourth-order valence-corrected chi connectivity index (χ4v) is 4.60. The van der Waals surface area contributed by atoms with Crippen molar-refractivity contribution < 1.29 is 4.79 Å². The monoisotopic (exact) mass is 438 g/mol. The predicted octanol–water partition coefficient (Wildman–Crippen LogP) is 7.14. The fourth-order valence-electron chi connectivity index (χ4n) is 4.10. The van der Waals surface area contributed by atoms with Crippen molar-refractivity contribution in [2.45, 2.75) is 39.0 Å². The van der Waals surface area contributed by atoms with Gasteiger partial charge in [-0.2, -0.15) is 0 Å². The highest BCUT2D eigenvalue weighted by molar-refractivity contribution is 6.36. The van der Waals surface area contributed by atoms with Gasteiger partial charge in [0, 0.05) is 22.5 Å². The Bertz CT molecular complexity index is 1140. The molecule has 154 valence electrons. The third kappa shape index (κ3) is 4.38. The molecule has 3 aromatic rings. The zero-order valence-corrected chi connectivity index (χ0v) is 18.5. The maximum absolute atomic E-state index is 13.2. The normalized spacial score (nSPS) is 13.9. The number of para-hydroxylation sites is 1. The first-order valence-electron chi connectivity index (χ1n) is 10.4. The number of fused-ring (bicyclic) bond motifs is 1. The van der Waals surface area contributed by atoms with Crippen LogP contribution in [0, 0.1) is 6.92 Å². The zero-order valence-electron chi connectivity index (χ0n) is 17.0. The van der Waals surface area contributed by atoms with Gasteiger partial charge in [0.1, 0.15) is 0 Å². The lowest BCUT2D eigenvalue weighted by atomic mass is 9.96. The minimum atomic E-state index is -0.0751. The van der Waals surface area contributed by atoms with E-state index in [4.69, 9.17) is 28.2 Å². The Hall–Kier alpha value is -2.36. The van der Waals surface area contributed by atoms with Gasteiger partial charge in [-0.25, -0.2) is 4.98 Å². The number of carbonyl (C=O) groups is 1. The van der Waals surface area contributed by atoms with E-state index in [1.165, 1.54) is 18.4 Å². The zero-order chi connectivity index (χ0) is 21.1. The number of pyridine rings is 1. The van der Waals surface area contributed by atoms with Gasteiger partial charge >= 0.3 is 0 Å². The van der Waals surface area contributed by atoms with Crippen LogP contribution in [0.4, 0.5) is 0 Å². The second kappa shape index (κ2) is 9.20. The number of nitrogens with zero attached hydrogens (tertiary/aromatic N) is 1. The van der Waals surface area contributed by atoms with E-state index in [2.05, 4.69) is 11.4 Å². The topological polar surface area (TPSA) is 42.0 Å². The van der Waals surface area contributed by atoms with Crippen LogP contribution in [0.15, 0.2) is 54.1 Å². The van der Waals surface area contributed by atoms with Crippen LogP contribution < -0.4 is 5.32 Å². The average Bonchev–Trinajstić information content (AvgIpc) is 2.74. The van der Waals surface area contributed by atoms with Crippen molar-refractivity contribution in [3.8, 4) is 11.3 Å². The van der Waals surface area contributed by atoms with Gasteiger partial charge in [0.25, 0.3) is 5.91 Å². The molecule has 0 radical (unpaired) electrons. The van der Waals surface area contributed by atoms with Crippen LogP contribution in [-0.4, -0.2) is 17.4 Å². The predicted molar refractivity (Wildman–Crippen MR) is 125 cm³/mol. The molecule has 0 bridgehead atoms. The van der Waals surface area contributed by atoms with E-state index in [0.29, 0.717) is 27.8 Å². The minimum absolute atomic E-state index is 0.0751. The summed E-state index contributed by atoms with van der Waals surface area (Å²) in [5.41, 5.74) is 5.16. The second-order valence-electron chi connectivity index (χ2n) is 7.72. The molecule has 3 nitrogen and oxygen atoms in total. The molecule has 1 aromatic heterocycles. The average molecular weight is 439 g/mol. The van der Waals surface area contributed by atoms with Gasteiger partial charge in [-0.3, -0.25) is 4.79 Å². The summed E-state index contributed by atoms with van der Waals surface area (Å²) in [6.07, 6.45) is 8.05. The lowest BCUT2D eigenvalue weighted by molar-refractivity contribution is 0.0955. The lowest BCUT2D eigenvalue weighted by Gasteiger charge is -2.16. The molecule has 0 saturated heterocycles. The Morgan fingerprint density at radius 3 is 2.73 bits per heavy atom. The third-order valence-corrected chi connectivity index (χ3v) is 6.21. The highest BCUT2D eigenvalue weighted by atomic mass is 35.5. The lowest BCUT2D eigenvalue weighted by Crippen LogP contribution is -2.26. The highest BCUT2D eigenvalue weighted by Crippen LogP contribution is 2.35. The van der Waals surface area contributed by atoms with E-state index in [0.717, 1.165) is 41.3 Å². The van der Waals surface area contributed by atoms with Crippen LogP contribution in [0.3, 0.4) is 0 Å². The molecule has 1 amide bonds. The second-order valence-corrected chi connectivity index (χ2v) is 8.56. The van der Waals surface area contributed by atoms with Gasteiger partial charge in [-0.15, -0.1) is 0 Å². The van der Waals surface area contributed by atoms with E-state index in [1.54, 1.807) is 12.1 Å². The first-order chi connectivity index (χ1) is 14.5. The number of hydrogen-bond acceptors (Lipinski definition) is 2. The van der Waals surface area contributed by atoms with Gasteiger partial charge in [0.2, 0.25) is 0 Å². The number of carbonyl (C=O) groups excluding carboxylic acids is 1. The first-order valence-corrected chi connectivity index (χ1v) is 11.1. The molecule has 0 saturated carbocycles. The molecule has 0 fully saturated rings. The van der Waals surface area contributed by atoms with Crippen LogP contribution in [-0.2, 0) is 0 Å². The summed E-state index contributed by atoms with van der Waals surface area (Å²) in [5, 5.41) is 5.05. The standard InChI is InChI=1S/C25H24Cl2N2O/c1-16-23(25(30)28-14-13-17-7-3-2-4-8-17)20-9-5-6-10-22(20)29-24(16)19-12-11-18(26)15-21(19)27/h5-7,9-12,15H,2-4,8,13-14H2,1H3,(H,28,30). The van der Waals surface area contributed by atoms with E-state index in [1.807, 2.05) is 37.3 Å². The van der Waals surface area contributed by atoms with E-state index in [-0.39, 0.29) is 5.91 Å². The summed E-state index contributed by atoms with van der Waals surface area (Å²) >= 11 is 12.5. The molecular formula is C25H24Cl2N2O. The summed E-state index contributed by atoms with van der Waals surface area (Å²) in [6, 6.07) is 13.1. The Balaban J connectivity index is 1.70. The third-order valence-electron chi connectivity index (χ3n) is 5.67. The van der Waals surface area contributed by atoms with Crippen molar-refractivity contribution >= 4 is 40.0 Å². The van der Waals surface area contributed by atoms with E-state index >= 15 is 0 Å². The first kappa shape index (κ1) is 20.9. The molecular weight excluding hydrogens is 415 g/mol. The van der Waals surface area contributed by atoms with E-state index in [9.17, 15) is 4.79 Å². The summed E-state index contributed by atoms with van der Waals surface area (Å²) in [6.45, 7) is 2.57. The maximum atomic E-state index is 13.2. The van der Waals surface area contributed by atoms with Crippen molar-refractivity contribution in [1.82, 2.24) is 10.3 Å². The smallest absolute Gasteiger partial charge is 0.252 e. The minimum Gasteiger partial charge on any atom is -0.352 e. The van der Waals surface area contributed by atoms with Gasteiger partial charge in [-0.05, 0) is 68.9 Å². The number of benzene rings is 2. The molecule has 0 unspecified atom stereocenters. The number of allylic oxidation sites excluding steroid dienone is 1. The Morgan fingerprint density at radius 1 is 1.13 bits per heavy atom. The Kier molecular flexibility index (Phi) is 6.40. The summed E-state index contributed by atoms with van der Waals surface area (Å²) < 4.78 is 0. The van der Waals surface area contributed by atoms with Crippen LogP contribution >= 0.6 is 23.2 Å². The fraction of sp³-hybridized carbons (Fsp3) is 0.280. The molecule has 30 heavy (non-hydrogen) atoms. The number of amides is 1. The summed E-state index contributed by atoms with van der Waals surface area (Å²) in [4.78, 5) is 18.0. The molecule has 0 atom stereocenters. The molecule has 5 heteroatoms. The molecule has 0 aliphatic heterocycles. The largest absolute Gasteiger partial charge is 0.352 e. The molecule has 1 aliphatic carbocycles. The van der Waals surface area contributed by atoms with Crippen molar-refractivity contribution in [2.75, 3.05) is 6.54 Å².